The fourth-order valence-corrected chi connectivity index (χ4v) is 5.34. The third-order valence-corrected chi connectivity index (χ3v) is 6.32. The minimum atomic E-state index is -0.569. The molecule has 7 nitrogen and oxygen atoms in total. The number of hydrogen-bond acceptors (Lipinski definition) is 6. The van der Waals surface area contributed by atoms with Gasteiger partial charge in [0, 0.05) is 14.8 Å². The van der Waals surface area contributed by atoms with Gasteiger partial charge in [0.25, 0.3) is 11.1 Å². The number of imide groups is 1. The SMILES string of the molecule is CCOc1ccc(NC(=O)CN2C(=O)S/C(=C/c3cc(I)cc(I)c3O)C2=O)cc1. The maximum Gasteiger partial charge on any atom is 0.294 e. The van der Waals surface area contributed by atoms with Crippen LogP contribution in [0.5, 0.6) is 11.5 Å². The quantitative estimate of drug-likeness (QED) is 0.349. The van der Waals surface area contributed by atoms with E-state index in [1.54, 1.807) is 36.4 Å². The van der Waals surface area contributed by atoms with Gasteiger partial charge in [0.1, 0.15) is 18.0 Å². The van der Waals surface area contributed by atoms with E-state index < -0.39 is 23.6 Å². The summed E-state index contributed by atoms with van der Waals surface area (Å²) in [6.45, 7) is 2.02. The lowest BCUT2D eigenvalue weighted by Crippen LogP contribution is -2.36. The Labute approximate surface area is 204 Å². The molecule has 0 unspecified atom stereocenters. The number of halogens is 2. The van der Waals surface area contributed by atoms with Crippen LogP contribution in [0.25, 0.3) is 6.08 Å². The molecule has 1 saturated heterocycles. The minimum Gasteiger partial charge on any atom is -0.506 e. The molecular weight excluding hydrogens is 634 g/mol. The molecule has 3 amide bonds. The maximum absolute atomic E-state index is 12.6. The lowest BCUT2D eigenvalue weighted by atomic mass is 10.2. The highest BCUT2D eigenvalue weighted by molar-refractivity contribution is 14.1. The van der Waals surface area contributed by atoms with E-state index in [-0.39, 0.29) is 10.7 Å². The average molecular weight is 650 g/mol. The zero-order chi connectivity index (χ0) is 21.8. The van der Waals surface area contributed by atoms with Crippen molar-refractivity contribution < 1.29 is 24.2 Å². The van der Waals surface area contributed by atoms with Crippen molar-refractivity contribution in [3.63, 3.8) is 0 Å². The number of carbonyl (C=O) groups excluding carboxylic acids is 3. The number of amides is 3. The molecule has 0 saturated carbocycles. The van der Waals surface area contributed by atoms with Gasteiger partial charge in [-0.25, -0.2) is 0 Å². The number of phenolic OH excluding ortho intramolecular Hbond substituents is 1. The third kappa shape index (κ3) is 5.46. The Kier molecular flexibility index (Phi) is 7.63. The Hall–Kier alpha value is -1.80. The van der Waals surface area contributed by atoms with Crippen LogP contribution in [0.1, 0.15) is 12.5 Å². The van der Waals surface area contributed by atoms with E-state index in [0.29, 0.717) is 27.2 Å². The largest absolute Gasteiger partial charge is 0.506 e. The molecule has 2 N–H and O–H groups in total. The second-order valence-electron chi connectivity index (χ2n) is 6.10. The van der Waals surface area contributed by atoms with Crippen LogP contribution < -0.4 is 10.1 Å². The predicted molar refractivity (Wildman–Crippen MR) is 132 cm³/mol. The van der Waals surface area contributed by atoms with Crippen LogP contribution in [0.4, 0.5) is 10.5 Å². The number of ether oxygens (including phenoxy) is 1. The number of aromatic hydroxyl groups is 1. The molecule has 156 valence electrons. The van der Waals surface area contributed by atoms with E-state index >= 15 is 0 Å². The van der Waals surface area contributed by atoms with Gasteiger partial charge in [-0.05, 0) is 106 Å². The fraction of sp³-hybridized carbons (Fsp3) is 0.150. The number of nitrogens with zero attached hydrogens (tertiary/aromatic N) is 1. The van der Waals surface area contributed by atoms with E-state index in [0.717, 1.165) is 20.2 Å². The van der Waals surface area contributed by atoms with Crippen molar-refractivity contribution in [1.82, 2.24) is 4.90 Å². The minimum absolute atomic E-state index is 0.0380. The van der Waals surface area contributed by atoms with Crippen molar-refractivity contribution in [1.29, 1.82) is 0 Å². The summed E-state index contributed by atoms with van der Waals surface area (Å²) in [5, 5.41) is 12.3. The van der Waals surface area contributed by atoms with Crippen LogP contribution in [0.3, 0.4) is 0 Å². The predicted octanol–water partition coefficient (Wildman–Crippen LogP) is 4.68. The van der Waals surface area contributed by atoms with Gasteiger partial charge in [-0.2, -0.15) is 0 Å². The first kappa shape index (κ1) is 22.9. The van der Waals surface area contributed by atoms with Gasteiger partial charge in [-0.15, -0.1) is 0 Å². The molecule has 0 aromatic heterocycles. The molecule has 1 fully saturated rings. The first-order valence-electron chi connectivity index (χ1n) is 8.74. The fourth-order valence-electron chi connectivity index (χ4n) is 2.62. The number of nitrogens with one attached hydrogen (secondary N) is 1. The number of carbonyl (C=O) groups is 3. The molecule has 1 aliphatic heterocycles. The van der Waals surface area contributed by atoms with E-state index in [2.05, 4.69) is 27.9 Å². The number of hydrogen-bond donors (Lipinski definition) is 2. The molecule has 0 atom stereocenters. The van der Waals surface area contributed by atoms with Crippen molar-refractivity contribution in [3.05, 3.63) is 54.0 Å². The molecule has 1 heterocycles. The number of anilines is 1. The number of rotatable bonds is 6. The molecule has 10 heteroatoms. The van der Waals surface area contributed by atoms with Crippen LogP contribution in [-0.4, -0.2) is 40.2 Å². The highest BCUT2D eigenvalue weighted by atomic mass is 127. The third-order valence-electron chi connectivity index (χ3n) is 3.97. The second kappa shape index (κ2) is 10.0. The van der Waals surface area contributed by atoms with E-state index in [1.165, 1.54) is 6.08 Å². The van der Waals surface area contributed by atoms with Crippen molar-refractivity contribution in [3.8, 4) is 11.5 Å². The molecular formula is C20H16I2N2O5S. The van der Waals surface area contributed by atoms with E-state index in [4.69, 9.17) is 4.74 Å². The van der Waals surface area contributed by atoms with Crippen molar-refractivity contribution >= 4 is 85.8 Å². The smallest absolute Gasteiger partial charge is 0.294 e. The van der Waals surface area contributed by atoms with Gasteiger partial charge in [-0.3, -0.25) is 19.3 Å². The second-order valence-corrected chi connectivity index (χ2v) is 9.50. The molecule has 0 bridgehead atoms. The van der Waals surface area contributed by atoms with Crippen LogP contribution in [0, 0.1) is 7.14 Å². The van der Waals surface area contributed by atoms with Gasteiger partial charge < -0.3 is 15.2 Å². The van der Waals surface area contributed by atoms with E-state index in [9.17, 15) is 19.5 Å². The molecule has 3 rings (SSSR count). The first-order chi connectivity index (χ1) is 14.3. The van der Waals surface area contributed by atoms with Crippen molar-refractivity contribution in [2.45, 2.75) is 6.92 Å². The van der Waals surface area contributed by atoms with E-state index in [1.807, 2.05) is 29.5 Å². The summed E-state index contributed by atoms with van der Waals surface area (Å²) >= 11 is 4.84. The molecule has 0 aliphatic carbocycles. The Morgan fingerprint density at radius 3 is 2.60 bits per heavy atom. The lowest BCUT2D eigenvalue weighted by Gasteiger charge is -2.13. The summed E-state index contributed by atoms with van der Waals surface area (Å²) in [4.78, 5) is 38.3. The summed E-state index contributed by atoms with van der Waals surface area (Å²) in [6.07, 6.45) is 1.47. The Balaban J connectivity index is 1.70. The van der Waals surface area contributed by atoms with Gasteiger partial charge in [0.2, 0.25) is 5.91 Å². The first-order valence-corrected chi connectivity index (χ1v) is 11.7. The topological polar surface area (TPSA) is 95.9 Å². The highest BCUT2D eigenvalue weighted by Crippen LogP contribution is 2.35. The van der Waals surface area contributed by atoms with Gasteiger partial charge in [-0.1, -0.05) is 0 Å². The zero-order valence-corrected chi connectivity index (χ0v) is 20.8. The molecule has 2 aromatic rings. The summed E-state index contributed by atoms with van der Waals surface area (Å²) in [7, 11) is 0. The van der Waals surface area contributed by atoms with Crippen molar-refractivity contribution in [2.75, 3.05) is 18.5 Å². The Morgan fingerprint density at radius 2 is 1.93 bits per heavy atom. The Bertz CT molecular complexity index is 1040. The zero-order valence-electron chi connectivity index (χ0n) is 15.6. The molecule has 0 radical (unpaired) electrons. The number of phenols is 1. The van der Waals surface area contributed by atoms with Crippen LogP contribution in [0.2, 0.25) is 0 Å². The number of benzene rings is 2. The molecule has 2 aromatic carbocycles. The van der Waals surface area contributed by atoms with Gasteiger partial charge in [0.05, 0.1) is 15.1 Å². The maximum atomic E-state index is 12.6. The number of thioether (sulfide) groups is 1. The highest BCUT2D eigenvalue weighted by Gasteiger charge is 2.36. The molecule has 30 heavy (non-hydrogen) atoms. The summed E-state index contributed by atoms with van der Waals surface area (Å²) < 4.78 is 6.87. The average Bonchev–Trinajstić information content (AvgIpc) is 2.95. The van der Waals surface area contributed by atoms with Crippen LogP contribution in [-0.2, 0) is 9.59 Å². The molecule has 1 aliphatic rings. The molecule has 0 spiro atoms. The summed E-state index contributed by atoms with van der Waals surface area (Å²) in [5.41, 5.74) is 0.972. The van der Waals surface area contributed by atoms with Crippen LogP contribution >= 0.6 is 56.9 Å². The summed E-state index contributed by atoms with van der Waals surface area (Å²) in [6, 6.07) is 10.3. The summed E-state index contributed by atoms with van der Waals surface area (Å²) in [5.74, 6) is -0.342. The standard InChI is InChI=1S/C20H16I2N2O5S/c1-2-29-14-5-3-13(4-6-14)23-17(25)10-24-19(27)16(30-20(24)28)8-11-7-12(21)9-15(22)18(11)26/h3-9,26H,2,10H2,1H3,(H,23,25)/b16-8+. The van der Waals surface area contributed by atoms with Crippen LogP contribution in [0.15, 0.2) is 41.3 Å². The normalized spacial score (nSPS) is 15.0. The van der Waals surface area contributed by atoms with Gasteiger partial charge in [0.15, 0.2) is 0 Å². The van der Waals surface area contributed by atoms with Crippen molar-refractivity contribution in [2.24, 2.45) is 0 Å². The van der Waals surface area contributed by atoms with Gasteiger partial charge >= 0.3 is 0 Å². The monoisotopic (exact) mass is 650 g/mol. The lowest BCUT2D eigenvalue weighted by molar-refractivity contribution is -0.127. The Morgan fingerprint density at radius 1 is 1.23 bits per heavy atom.